The number of carboxylic acids is 1. The fraction of sp³-hybridized carbons (Fsp3) is 0.375. The van der Waals surface area contributed by atoms with Crippen molar-refractivity contribution in [3.05, 3.63) is 42.4 Å². The lowest BCUT2D eigenvalue weighted by molar-refractivity contribution is -0.553. The highest BCUT2D eigenvalue weighted by Crippen LogP contribution is 2.30. The number of anilines is 1. The number of benzene rings is 1. The first-order valence-corrected chi connectivity index (χ1v) is 11.6. The lowest BCUT2D eigenvalue weighted by Crippen LogP contribution is -2.45. The lowest BCUT2D eigenvalue weighted by atomic mass is 9.99. The summed E-state index contributed by atoms with van der Waals surface area (Å²) >= 11 is 0. The van der Waals surface area contributed by atoms with Gasteiger partial charge in [0.1, 0.15) is 17.6 Å². The van der Waals surface area contributed by atoms with Crippen LogP contribution >= 0.6 is 0 Å². The molecule has 0 bridgehead atoms. The fourth-order valence-corrected chi connectivity index (χ4v) is 3.90. The summed E-state index contributed by atoms with van der Waals surface area (Å²) in [5.41, 5.74) is 14.5. The minimum absolute atomic E-state index is 0.0633. The molecular formula is C24H29F3N7O3+. The number of nitrogens with zero attached hydrogens (tertiary/aromatic N) is 3. The van der Waals surface area contributed by atoms with Crippen LogP contribution in [0.5, 0.6) is 0 Å². The smallest absolute Gasteiger partial charge is 0.475 e. The van der Waals surface area contributed by atoms with Crippen molar-refractivity contribution in [2.24, 2.45) is 22.4 Å². The van der Waals surface area contributed by atoms with Crippen LogP contribution in [0.25, 0.3) is 22.2 Å². The minimum atomic E-state index is -5.08. The molecule has 0 fully saturated rings. The van der Waals surface area contributed by atoms with Crippen LogP contribution in [0.2, 0.25) is 0 Å². The summed E-state index contributed by atoms with van der Waals surface area (Å²) in [5.74, 6) is -1.61. The van der Waals surface area contributed by atoms with Gasteiger partial charge in [-0.1, -0.05) is 32.0 Å². The van der Waals surface area contributed by atoms with Crippen molar-refractivity contribution in [1.82, 2.24) is 9.97 Å². The normalized spacial score (nSPS) is 15.4. The highest BCUT2D eigenvalue weighted by atomic mass is 19.4. The van der Waals surface area contributed by atoms with E-state index in [4.69, 9.17) is 26.4 Å². The molecule has 7 N–H and O–H groups in total. The van der Waals surface area contributed by atoms with Crippen LogP contribution in [0, 0.1) is 5.92 Å². The van der Waals surface area contributed by atoms with Crippen LogP contribution < -0.4 is 21.4 Å². The standard InChI is InChI=1S/C22H27N7O.C2HF3O2/c1-3-13(2)19-21(30)29-12-18(15-11-26-16-8-5-4-7-14(15)16)27-17(20(29)28-19)9-6-10-25-22(23)24;3-2(4,5)1(6)7/h4-5,7-8,11-13,19,26H,3,6,9-10H2,1-2H3,(H4,23,24,25);(H,6,7)/p+1. The number of rotatable bonds is 7. The first kappa shape index (κ1) is 27.4. The van der Waals surface area contributed by atoms with Gasteiger partial charge >= 0.3 is 23.9 Å². The molecule has 0 spiro atoms. The summed E-state index contributed by atoms with van der Waals surface area (Å²) in [6.07, 6.45) is 1.03. The van der Waals surface area contributed by atoms with Crippen LogP contribution in [0.3, 0.4) is 0 Å². The third-order valence-corrected chi connectivity index (χ3v) is 6.00. The number of hydrogen-bond donors (Lipinski definition) is 5. The number of aliphatic carboxylic acids is 1. The maximum atomic E-state index is 13.2. The Morgan fingerprint density at radius 3 is 2.59 bits per heavy atom. The number of carbonyl (C=O) groups excluding carboxylic acids is 1. The molecule has 1 aliphatic rings. The Morgan fingerprint density at radius 1 is 1.30 bits per heavy atom. The number of nitrogens with one attached hydrogen (secondary N) is 2. The molecule has 13 heteroatoms. The molecule has 2 atom stereocenters. The summed E-state index contributed by atoms with van der Waals surface area (Å²) < 4.78 is 33.5. The molecule has 0 radical (unpaired) electrons. The SMILES string of the molecule is CCC(C)C1Nc2c(CCCN=C(N)N)nc(-c3c[nH]c4ccccc34)c[n+]2C1=O.O=C(O)C(F)(F)F. The Balaban J connectivity index is 0.000000479. The summed E-state index contributed by atoms with van der Waals surface area (Å²) in [6, 6.07) is 7.84. The van der Waals surface area contributed by atoms with Gasteiger partial charge in [-0.25, -0.2) is 14.6 Å². The zero-order chi connectivity index (χ0) is 27.3. The fourth-order valence-electron chi connectivity index (χ4n) is 3.90. The second kappa shape index (κ2) is 11.3. The number of H-pyrrole nitrogens is 1. The van der Waals surface area contributed by atoms with Crippen molar-refractivity contribution < 1.29 is 32.4 Å². The number of hydrogen-bond acceptors (Lipinski definition) is 5. The summed E-state index contributed by atoms with van der Waals surface area (Å²) in [6.45, 7) is 4.71. The van der Waals surface area contributed by atoms with Crippen molar-refractivity contribution in [2.45, 2.75) is 45.3 Å². The molecule has 198 valence electrons. The van der Waals surface area contributed by atoms with E-state index in [2.05, 4.69) is 35.2 Å². The first-order valence-electron chi connectivity index (χ1n) is 11.6. The monoisotopic (exact) mass is 520 g/mol. The Labute approximate surface area is 210 Å². The van der Waals surface area contributed by atoms with Crippen LogP contribution in [-0.4, -0.2) is 51.7 Å². The molecule has 3 aromatic rings. The van der Waals surface area contributed by atoms with E-state index in [1.165, 1.54) is 0 Å². The predicted octanol–water partition coefficient (Wildman–Crippen LogP) is 2.84. The van der Waals surface area contributed by atoms with E-state index < -0.39 is 12.1 Å². The number of carbonyl (C=O) groups is 2. The highest BCUT2D eigenvalue weighted by molar-refractivity contribution is 5.94. The third-order valence-electron chi connectivity index (χ3n) is 6.00. The molecule has 0 saturated heterocycles. The van der Waals surface area contributed by atoms with Gasteiger partial charge in [0.05, 0.1) is 0 Å². The number of aliphatic imine (C=N–C) groups is 1. The number of aromatic nitrogens is 3. The van der Waals surface area contributed by atoms with E-state index in [-0.39, 0.29) is 23.8 Å². The van der Waals surface area contributed by atoms with E-state index >= 15 is 0 Å². The molecule has 1 aliphatic heterocycles. The van der Waals surface area contributed by atoms with Crippen LogP contribution in [-0.2, 0) is 11.2 Å². The number of halogens is 3. The molecule has 0 aliphatic carbocycles. The molecule has 37 heavy (non-hydrogen) atoms. The van der Waals surface area contributed by atoms with Gasteiger partial charge in [-0.2, -0.15) is 17.7 Å². The number of guanidine groups is 1. The van der Waals surface area contributed by atoms with Gasteiger partial charge in [0.25, 0.3) is 0 Å². The topological polar surface area (TPSA) is 163 Å². The Bertz CT molecular complexity index is 1320. The van der Waals surface area contributed by atoms with Gasteiger partial charge in [-0.15, -0.1) is 0 Å². The summed E-state index contributed by atoms with van der Waals surface area (Å²) in [7, 11) is 0. The Kier molecular flexibility index (Phi) is 8.35. The van der Waals surface area contributed by atoms with E-state index in [0.717, 1.165) is 46.5 Å². The zero-order valence-electron chi connectivity index (χ0n) is 20.3. The molecule has 3 heterocycles. The number of para-hydroxylation sites is 1. The number of fused-ring (bicyclic) bond motifs is 2. The molecule has 0 amide bonds. The van der Waals surface area contributed by atoms with Crippen molar-refractivity contribution in [1.29, 1.82) is 0 Å². The van der Waals surface area contributed by atoms with Crippen molar-refractivity contribution in [3.8, 4) is 11.3 Å². The molecule has 2 unspecified atom stereocenters. The van der Waals surface area contributed by atoms with Crippen LogP contribution in [0.15, 0.2) is 41.7 Å². The Morgan fingerprint density at radius 2 is 1.97 bits per heavy atom. The first-order chi connectivity index (χ1) is 17.4. The number of aromatic amines is 1. The van der Waals surface area contributed by atoms with Gasteiger partial charge < -0.3 is 21.6 Å². The van der Waals surface area contributed by atoms with Gasteiger partial charge in [-0.05, 0) is 25.3 Å². The second-order valence-electron chi connectivity index (χ2n) is 8.60. The highest BCUT2D eigenvalue weighted by Gasteiger charge is 2.43. The molecule has 4 rings (SSSR count). The zero-order valence-corrected chi connectivity index (χ0v) is 20.3. The van der Waals surface area contributed by atoms with Gasteiger partial charge in [0.15, 0.2) is 12.0 Å². The predicted molar refractivity (Wildman–Crippen MR) is 132 cm³/mol. The molecule has 2 aromatic heterocycles. The number of alkyl halides is 3. The van der Waals surface area contributed by atoms with E-state index in [9.17, 15) is 18.0 Å². The number of carboxylic acid groups (broad SMARTS) is 1. The average Bonchev–Trinajstić information content (AvgIpc) is 3.42. The minimum Gasteiger partial charge on any atom is -0.475 e. The summed E-state index contributed by atoms with van der Waals surface area (Å²) in [5, 5.41) is 11.6. The maximum Gasteiger partial charge on any atom is 0.490 e. The van der Waals surface area contributed by atoms with Crippen molar-refractivity contribution in [3.63, 3.8) is 0 Å². The van der Waals surface area contributed by atoms with Crippen LogP contribution in [0.4, 0.5) is 19.0 Å². The van der Waals surface area contributed by atoms with Crippen molar-refractivity contribution in [2.75, 3.05) is 11.9 Å². The molecule has 10 nitrogen and oxygen atoms in total. The molecule has 1 aromatic carbocycles. The number of aryl methyl sites for hydroxylation is 1. The van der Waals surface area contributed by atoms with Gasteiger partial charge in [0.2, 0.25) is 0 Å². The van der Waals surface area contributed by atoms with Crippen molar-refractivity contribution >= 4 is 34.6 Å². The third kappa shape index (κ3) is 6.35. The number of nitrogens with two attached hydrogens (primary N) is 2. The largest absolute Gasteiger partial charge is 0.490 e. The van der Waals surface area contributed by atoms with Gasteiger partial charge in [0, 0.05) is 35.1 Å². The lowest BCUT2D eigenvalue weighted by Gasteiger charge is -2.09. The maximum absolute atomic E-state index is 13.2. The summed E-state index contributed by atoms with van der Waals surface area (Å²) in [4.78, 5) is 34.4. The quantitative estimate of drug-likeness (QED) is 0.138. The van der Waals surface area contributed by atoms with E-state index in [1.54, 1.807) is 4.57 Å². The van der Waals surface area contributed by atoms with Crippen LogP contribution in [0.1, 0.15) is 37.2 Å². The van der Waals surface area contributed by atoms with E-state index in [1.807, 2.05) is 30.6 Å². The Hall–Kier alpha value is -4.16. The average molecular weight is 521 g/mol. The second-order valence-corrected chi connectivity index (χ2v) is 8.60. The van der Waals surface area contributed by atoms with Gasteiger partial charge in [-0.3, -0.25) is 10.3 Å². The molecule has 0 saturated carbocycles. The van der Waals surface area contributed by atoms with E-state index in [0.29, 0.717) is 13.0 Å². The molecular weight excluding hydrogens is 491 g/mol.